The highest BCUT2D eigenvalue weighted by Crippen LogP contribution is 2.84. The van der Waals surface area contributed by atoms with Crippen molar-refractivity contribution >= 4 is 23.9 Å². The van der Waals surface area contributed by atoms with Crippen molar-refractivity contribution in [2.75, 3.05) is 0 Å². The lowest BCUT2D eigenvalue weighted by Gasteiger charge is -2.69. The molecule has 0 aromatic carbocycles. The minimum absolute atomic E-state index is 0.0546. The van der Waals surface area contributed by atoms with Crippen molar-refractivity contribution in [3.05, 3.63) is 24.3 Å². The number of ether oxygens (including phenoxy) is 5. The van der Waals surface area contributed by atoms with Gasteiger partial charge < -0.3 is 28.8 Å². The Bertz CT molecular complexity index is 1250. The predicted molar refractivity (Wildman–Crippen MR) is 123 cm³/mol. The number of hydrogen-bond acceptors (Lipinski definition) is 10. The minimum atomic E-state index is -2.00. The second kappa shape index (κ2) is 6.29. The molecule has 0 aromatic heterocycles. The van der Waals surface area contributed by atoms with Gasteiger partial charge in [0.15, 0.2) is 11.7 Å². The summed E-state index contributed by atoms with van der Waals surface area (Å²) in [6.07, 6.45) is -3.36. The summed E-state index contributed by atoms with van der Waals surface area (Å²) in [7, 11) is 0. The van der Waals surface area contributed by atoms with Crippen LogP contribution in [0.15, 0.2) is 24.3 Å². The van der Waals surface area contributed by atoms with Crippen LogP contribution in [0.25, 0.3) is 0 Å². The molecule has 0 amide bonds. The Labute approximate surface area is 214 Å². The second-order valence-corrected chi connectivity index (χ2v) is 12.3. The summed E-state index contributed by atoms with van der Waals surface area (Å²) in [6.45, 7) is 18.1. The fourth-order valence-electron chi connectivity index (χ4n) is 9.15. The molecule has 4 aliphatic heterocycles. The van der Waals surface area contributed by atoms with E-state index in [0.29, 0.717) is 5.57 Å². The molecule has 10 nitrogen and oxygen atoms in total. The van der Waals surface area contributed by atoms with Gasteiger partial charge in [0.1, 0.15) is 22.7 Å². The standard InChI is InChI=1S/C27H32O10/c1-12-22(7)18(34-15(4)28)26-13(2)24(10-9-17(30)35-21(24,5)6)11-16(29)23(26,8)25(12)19(31)33-14(3)27(25,37-26)20(32)36-22/h14,16,18,29H,1-2,9-11H2,3-8H3. The van der Waals surface area contributed by atoms with Gasteiger partial charge in [0.05, 0.1) is 11.5 Å². The molecule has 2 spiro atoms. The van der Waals surface area contributed by atoms with E-state index in [1.54, 1.807) is 20.8 Å². The fraction of sp³-hybridized carbons (Fsp3) is 0.704. The van der Waals surface area contributed by atoms with Crippen LogP contribution in [0.2, 0.25) is 0 Å². The lowest BCUT2D eigenvalue weighted by molar-refractivity contribution is -0.270. The Morgan fingerprint density at radius 1 is 1.03 bits per heavy atom. The van der Waals surface area contributed by atoms with E-state index in [1.165, 1.54) is 20.8 Å². The molecule has 37 heavy (non-hydrogen) atoms. The van der Waals surface area contributed by atoms with Crippen LogP contribution in [0.4, 0.5) is 0 Å². The van der Waals surface area contributed by atoms with Crippen molar-refractivity contribution in [1.82, 2.24) is 0 Å². The van der Waals surface area contributed by atoms with Crippen LogP contribution < -0.4 is 0 Å². The molecule has 200 valence electrons. The molecular weight excluding hydrogens is 484 g/mol. The lowest BCUT2D eigenvalue weighted by atomic mass is 9.34. The summed E-state index contributed by atoms with van der Waals surface area (Å²) in [4.78, 5) is 52.8. The lowest BCUT2D eigenvalue weighted by Crippen LogP contribution is -2.82. The first-order valence-corrected chi connectivity index (χ1v) is 12.6. The first kappa shape index (κ1) is 24.6. The summed E-state index contributed by atoms with van der Waals surface area (Å²) < 4.78 is 30.3. The highest BCUT2D eigenvalue weighted by molar-refractivity contribution is 6.02. The maximum Gasteiger partial charge on any atom is 0.345 e. The number of carbonyl (C=O) groups is 4. The highest BCUT2D eigenvalue weighted by Gasteiger charge is 3.00. The van der Waals surface area contributed by atoms with Crippen molar-refractivity contribution in [2.24, 2.45) is 16.2 Å². The molecular formula is C27H32O10. The van der Waals surface area contributed by atoms with Crippen LogP contribution in [0.3, 0.4) is 0 Å². The van der Waals surface area contributed by atoms with Crippen LogP contribution in [-0.2, 0) is 42.9 Å². The Morgan fingerprint density at radius 2 is 1.68 bits per heavy atom. The molecule has 9 unspecified atom stereocenters. The quantitative estimate of drug-likeness (QED) is 0.312. The van der Waals surface area contributed by atoms with Gasteiger partial charge in [-0.15, -0.1) is 0 Å². The third-order valence-electron chi connectivity index (χ3n) is 10.9. The van der Waals surface area contributed by atoms with Gasteiger partial charge in [0.25, 0.3) is 0 Å². The SMILES string of the molecule is C=C1C2(CCC(=O)OC2(C)C)CC(O)C2(C)C13OC14C(=O)OC(C)(C(=C)C12C(=O)OC4C)C3OC(C)=O. The summed E-state index contributed by atoms with van der Waals surface area (Å²) in [6, 6.07) is 0. The van der Waals surface area contributed by atoms with Crippen molar-refractivity contribution in [3.63, 3.8) is 0 Å². The second-order valence-electron chi connectivity index (χ2n) is 12.3. The Balaban J connectivity index is 1.75. The van der Waals surface area contributed by atoms with Crippen LogP contribution in [0.5, 0.6) is 0 Å². The topological polar surface area (TPSA) is 135 Å². The van der Waals surface area contributed by atoms with E-state index in [9.17, 15) is 24.3 Å². The summed E-state index contributed by atoms with van der Waals surface area (Å²) in [5.41, 5.74) is -10.6. The fourth-order valence-corrected chi connectivity index (χ4v) is 9.15. The van der Waals surface area contributed by atoms with Gasteiger partial charge in [-0.05, 0) is 51.7 Å². The van der Waals surface area contributed by atoms with Crippen LogP contribution in [-0.4, -0.2) is 69.7 Å². The number of hydrogen-bond donors (Lipinski definition) is 1. The van der Waals surface area contributed by atoms with E-state index >= 15 is 0 Å². The number of rotatable bonds is 1. The molecule has 2 aliphatic carbocycles. The molecule has 3 bridgehead atoms. The first-order valence-electron chi connectivity index (χ1n) is 12.6. The molecule has 6 aliphatic rings. The normalized spacial score (nSPS) is 52.8. The molecule has 9 atom stereocenters. The van der Waals surface area contributed by atoms with Crippen molar-refractivity contribution in [2.45, 2.75) is 102 Å². The van der Waals surface area contributed by atoms with Crippen molar-refractivity contribution < 1.29 is 48.0 Å². The Kier molecular flexibility index (Phi) is 4.18. The maximum atomic E-state index is 14.0. The first-order chi connectivity index (χ1) is 17.0. The third-order valence-corrected chi connectivity index (χ3v) is 10.9. The zero-order valence-electron chi connectivity index (χ0n) is 21.9. The van der Waals surface area contributed by atoms with Gasteiger partial charge >= 0.3 is 23.9 Å². The maximum absolute atomic E-state index is 14.0. The number of fused-ring (bicyclic) bond motifs is 1. The molecule has 4 heterocycles. The monoisotopic (exact) mass is 516 g/mol. The molecule has 2 saturated carbocycles. The molecule has 6 rings (SSSR count). The van der Waals surface area contributed by atoms with Gasteiger partial charge in [0.2, 0.25) is 5.60 Å². The van der Waals surface area contributed by atoms with Crippen LogP contribution >= 0.6 is 0 Å². The zero-order chi connectivity index (χ0) is 27.4. The van der Waals surface area contributed by atoms with Crippen LogP contribution in [0, 0.1) is 16.2 Å². The molecule has 1 N–H and O–H groups in total. The van der Waals surface area contributed by atoms with E-state index in [4.69, 9.17) is 23.7 Å². The van der Waals surface area contributed by atoms with Gasteiger partial charge in [-0.2, -0.15) is 0 Å². The minimum Gasteiger partial charge on any atom is -0.459 e. The summed E-state index contributed by atoms with van der Waals surface area (Å²) in [5.74, 6) is -2.68. The largest absolute Gasteiger partial charge is 0.459 e. The Morgan fingerprint density at radius 3 is 2.27 bits per heavy atom. The van der Waals surface area contributed by atoms with Gasteiger partial charge in [0, 0.05) is 18.8 Å². The molecule has 6 fully saturated rings. The van der Waals surface area contributed by atoms with E-state index in [0.717, 1.165) is 0 Å². The van der Waals surface area contributed by atoms with Crippen molar-refractivity contribution in [3.8, 4) is 0 Å². The van der Waals surface area contributed by atoms with Gasteiger partial charge in [-0.3, -0.25) is 14.4 Å². The smallest absolute Gasteiger partial charge is 0.345 e. The molecule has 0 radical (unpaired) electrons. The number of aliphatic hydroxyl groups is 1. The molecule has 0 aromatic rings. The van der Waals surface area contributed by atoms with Crippen LogP contribution in [0.1, 0.15) is 60.8 Å². The molecule has 10 heteroatoms. The summed E-state index contributed by atoms with van der Waals surface area (Å²) >= 11 is 0. The van der Waals surface area contributed by atoms with Crippen molar-refractivity contribution in [1.29, 1.82) is 0 Å². The average molecular weight is 517 g/mol. The predicted octanol–water partition coefficient (Wildman–Crippen LogP) is 1.67. The van der Waals surface area contributed by atoms with E-state index < -0.39 is 74.9 Å². The molecule has 4 saturated heterocycles. The van der Waals surface area contributed by atoms with E-state index in [2.05, 4.69) is 13.2 Å². The Hall–Kier alpha value is -2.72. The van der Waals surface area contributed by atoms with Gasteiger partial charge in [-0.25, -0.2) is 4.79 Å². The van der Waals surface area contributed by atoms with Gasteiger partial charge in [-0.1, -0.05) is 20.1 Å². The third kappa shape index (κ3) is 1.98. The highest BCUT2D eigenvalue weighted by atomic mass is 16.7. The summed E-state index contributed by atoms with van der Waals surface area (Å²) in [5, 5.41) is 12.2. The number of cyclic esters (lactones) is 2. The number of esters is 4. The number of carbonyl (C=O) groups excluding carboxylic acids is 4. The van der Waals surface area contributed by atoms with E-state index in [-0.39, 0.29) is 30.8 Å². The van der Waals surface area contributed by atoms with E-state index in [1.807, 2.05) is 0 Å². The zero-order valence-corrected chi connectivity index (χ0v) is 21.9. The number of aliphatic hydroxyl groups excluding tert-OH is 1. The average Bonchev–Trinajstić information content (AvgIpc) is 3.10.